The Kier molecular flexibility index (Phi) is 5.03. The highest BCUT2D eigenvalue weighted by Crippen LogP contribution is 2.20. The monoisotopic (exact) mass is 240 g/mol. The van der Waals surface area contributed by atoms with Crippen molar-refractivity contribution in [1.29, 1.82) is 0 Å². The van der Waals surface area contributed by atoms with Gasteiger partial charge in [-0.15, -0.1) is 0 Å². The third-order valence-electron chi connectivity index (χ3n) is 3.92. The molecule has 0 amide bonds. The van der Waals surface area contributed by atoms with Crippen LogP contribution in [0.2, 0.25) is 0 Å². The molecule has 1 atom stereocenters. The van der Waals surface area contributed by atoms with Crippen molar-refractivity contribution in [2.45, 2.75) is 71.9 Å². The largest absolute Gasteiger partial charge is 0.306 e. The van der Waals surface area contributed by atoms with E-state index in [2.05, 4.69) is 51.8 Å². The Hall–Kier alpha value is -0.0800. The van der Waals surface area contributed by atoms with E-state index < -0.39 is 0 Å². The van der Waals surface area contributed by atoms with Gasteiger partial charge in [-0.25, -0.2) is 0 Å². The molecule has 1 saturated heterocycles. The van der Waals surface area contributed by atoms with E-state index in [1.54, 1.807) is 0 Å². The lowest BCUT2D eigenvalue weighted by Crippen LogP contribution is -2.57. The second-order valence-corrected chi connectivity index (χ2v) is 7.23. The quantitative estimate of drug-likeness (QED) is 0.793. The lowest BCUT2D eigenvalue weighted by atomic mass is 9.93. The Labute approximate surface area is 108 Å². The van der Waals surface area contributed by atoms with Crippen molar-refractivity contribution in [3.05, 3.63) is 0 Å². The van der Waals surface area contributed by atoms with Gasteiger partial charge in [-0.3, -0.25) is 0 Å². The predicted molar refractivity (Wildman–Crippen MR) is 76.4 cm³/mol. The fourth-order valence-corrected chi connectivity index (χ4v) is 3.03. The lowest BCUT2D eigenvalue weighted by Gasteiger charge is -2.42. The molecule has 0 aromatic carbocycles. The van der Waals surface area contributed by atoms with Gasteiger partial charge < -0.3 is 10.2 Å². The summed E-state index contributed by atoms with van der Waals surface area (Å²) in [5.41, 5.74) is 0.446. The summed E-state index contributed by atoms with van der Waals surface area (Å²) in [6.45, 7) is 17.6. The van der Waals surface area contributed by atoms with Gasteiger partial charge in [0.1, 0.15) is 0 Å². The van der Waals surface area contributed by atoms with Crippen molar-refractivity contribution < 1.29 is 0 Å². The van der Waals surface area contributed by atoms with E-state index in [4.69, 9.17) is 0 Å². The number of rotatable bonds is 5. The molecule has 102 valence electrons. The number of likely N-dealkylation sites (tertiary alicyclic amines) is 1. The summed E-state index contributed by atoms with van der Waals surface area (Å²) >= 11 is 0. The maximum absolute atomic E-state index is 3.80. The van der Waals surface area contributed by atoms with E-state index >= 15 is 0 Å². The highest BCUT2D eigenvalue weighted by molar-refractivity contribution is 4.90. The molecule has 2 heteroatoms. The van der Waals surface area contributed by atoms with Crippen molar-refractivity contribution in [3.63, 3.8) is 0 Å². The van der Waals surface area contributed by atoms with Crippen molar-refractivity contribution >= 4 is 0 Å². The second-order valence-electron chi connectivity index (χ2n) is 7.23. The average molecular weight is 240 g/mol. The Balaban J connectivity index is 2.47. The minimum absolute atomic E-state index is 0.205. The summed E-state index contributed by atoms with van der Waals surface area (Å²) in [7, 11) is 0. The zero-order valence-corrected chi connectivity index (χ0v) is 12.8. The summed E-state index contributed by atoms with van der Waals surface area (Å²) in [5.74, 6) is 0.874. The zero-order valence-electron chi connectivity index (χ0n) is 12.8. The van der Waals surface area contributed by atoms with E-state index in [0.29, 0.717) is 0 Å². The summed E-state index contributed by atoms with van der Waals surface area (Å²) in [6, 6.07) is 0. The molecule has 0 saturated carbocycles. The topological polar surface area (TPSA) is 15.3 Å². The molecule has 0 aliphatic carbocycles. The van der Waals surface area contributed by atoms with Crippen LogP contribution in [-0.2, 0) is 0 Å². The first kappa shape index (κ1) is 15.0. The van der Waals surface area contributed by atoms with Crippen LogP contribution in [0.25, 0.3) is 0 Å². The van der Waals surface area contributed by atoms with Crippen LogP contribution in [0.15, 0.2) is 0 Å². The van der Waals surface area contributed by atoms with Gasteiger partial charge >= 0.3 is 0 Å². The lowest BCUT2D eigenvalue weighted by molar-refractivity contribution is 0.125. The Morgan fingerprint density at radius 3 is 2.35 bits per heavy atom. The highest BCUT2D eigenvalue weighted by Gasteiger charge is 2.29. The van der Waals surface area contributed by atoms with Crippen LogP contribution in [-0.4, -0.2) is 35.6 Å². The third-order valence-corrected chi connectivity index (χ3v) is 3.92. The molecule has 1 heterocycles. The zero-order chi connectivity index (χ0) is 13.1. The Bertz CT molecular complexity index is 233. The van der Waals surface area contributed by atoms with Gasteiger partial charge in [-0.2, -0.15) is 0 Å². The van der Waals surface area contributed by atoms with Gasteiger partial charge in [0.2, 0.25) is 0 Å². The van der Waals surface area contributed by atoms with Gasteiger partial charge in [0.15, 0.2) is 0 Å². The molecule has 1 N–H and O–H groups in total. The third kappa shape index (κ3) is 5.39. The fourth-order valence-electron chi connectivity index (χ4n) is 3.03. The highest BCUT2D eigenvalue weighted by atomic mass is 15.2. The molecule has 0 bridgehead atoms. The number of hydrogen-bond donors (Lipinski definition) is 1. The normalized spacial score (nSPS) is 24.0. The molecule has 0 aromatic rings. The molecule has 2 nitrogen and oxygen atoms in total. The summed E-state index contributed by atoms with van der Waals surface area (Å²) in [5, 5.41) is 3.80. The van der Waals surface area contributed by atoms with Gasteiger partial charge in [-0.1, -0.05) is 13.8 Å². The molecule has 0 radical (unpaired) electrons. The first-order valence-corrected chi connectivity index (χ1v) is 7.26. The molecule has 1 rings (SSSR count). The molecule has 1 aliphatic heterocycles. The smallest absolute Gasteiger partial charge is 0.0257 e. The first-order chi connectivity index (χ1) is 7.74. The number of piperidine rings is 1. The van der Waals surface area contributed by atoms with Gasteiger partial charge in [0, 0.05) is 24.2 Å². The van der Waals surface area contributed by atoms with Crippen LogP contribution in [0.1, 0.15) is 60.8 Å². The molecular weight excluding hydrogens is 208 g/mol. The van der Waals surface area contributed by atoms with Crippen LogP contribution >= 0.6 is 0 Å². The maximum Gasteiger partial charge on any atom is 0.0257 e. The number of nitrogens with zero attached hydrogens (tertiary/aromatic N) is 1. The number of nitrogens with one attached hydrogen (secondary N) is 1. The van der Waals surface area contributed by atoms with Gasteiger partial charge in [0.05, 0.1) is 0 Å². The van der Waals surface area contributed by atoms with Gasteiger partial charge in [0.25, 0.3) is 0 Å². The van der Waals surface area contributed by atoms with Crippen molar-refractivity contribution in [1.82, 2.24) is 10.2 Å². The van der Waals surface area contributed by atoms with E-state index in [1.165, 1.54) is 38.9 Å². The molecule has 17 heavy (non-hydrogen) atoms. The Morgan fingerprint density at radius 1 is 1.18 bits per heavy atom. The van der Waals surface area contributed by atoms with E-state index in [9.17, 15) is 0 Å². The molecule has 0 spiro atoms. The summed E-state index contributed by atoms with van der Waals surface area (Å²) in [4.78, 5) is 2.63. The van der Waals surface area contributed by atoms with Crippen LogP contribution in [0, 0.1) is 5.92 Å². The van der Waals surface area contributed by atoms with Crippen LogP contribution in [0.4, 0.5) is 0 Å². The second kappa shape index (κ2) is 5.71. The molecule has 1 aliphatic rings. The van der Waals surface area contributed by atoms with Crippen LogP contribution in [0.5, 0.6) is 0 Å². The molecular formula is C15H32N2. The average Bonchev–Trinajstić information content (AvgIpc) is 2.15. The van der Waals surface area contributed by atoms with E-state index in [1.807, 2.05) is 0 Å². The van der Waals surface area contributed by atoms with Crippen molar-refractivity contribution in [2.24, 2.45) is 5.92 Å². The number of hydrogen-bond acceptors (Lipinski definition) is 2. The molecule has 1 fully saturated rings. The fraction of sp³-hybridized carbons (Fsp3) is 1.00. The molecule has 1 unspecified atom stereocenters. The first-order valence-electron chi connectivity index (χ1n) is 7.26. The van der Waals surface area contributed by atoms with E-state index in [-0.39, 0.29) is 11.1 Å². The molecule has 0 aromatic heterocycles. The van der Waals surface area contributed by atoms with Gasteiger partial charge in [-0.05, 0) is 59.4 Å². The van der Waals surface area contributed by atoms with Crippen LogP contribution < -0.4 is 5.32 Å². The summed E-state index contributed by atoms with van der Waals surface area (Å²) < 4.78 is 0. The predicted octanol–water partition coefficient (Wildman–Crippen LogP) is 3.28. The summed E-state index contributed by atoms with van der Waals surface area (Å²) in [6.07, 6.45) is 3.95. The standard InChI is InChI=1S/C15H32N2/c1-7-14(3,4)16-15(5,6)12-17-10-8-9-13(2)11-17/h13,16H,7-12H2,1-6H3. The van der Waals surface area contributed by atoms with E-state index in [0.717, 1.165) is 5.92 Å². The minimum Gasteiger partial charge on any atom is -0.306 e. The Morgan fingerprint density at radius 2 is 1.82 bits per heavy atom. The minimum atomic E-state index is 0.205. The SMILES string of the molecule is CCC(C)(C)NC(C)(C)CN1CCCC(C)C1. The van der Waals surface area contributed by atoms with Crippen molar-refractivity contribution in [2.75, 3.05) is 19.6 Å². The van der Waals surface area contributed by atoms with Crippen molar-refractivity contribution in [3.8, 4) is 0 Å². The van der Waals surface area contributed by atoms with Crippen LogP contribution in [0.3, 0.4) is 0 Å². The maximum atomic E-state index is 3.80.